The van der Waals surface area contributed by atoms with Crippen molar-refractivity contribution < 1.29 is 49.5 Å². The Hall–Kier alpha value is -2.81. The van der Waals surface area contributed by atoms with Crippen molar-refractivity contribution in [3.8, 4) is 0 Å². The Labute approximate surface area is 177 Å². The first-order valence-corrected chi connectivity index (χ1v) is 8.16. The van der Waals surface area contributed by atoms with E-state index in [4.69, 9.17) is 61.0 Å². The number of hydrogen-bond donors (Lipinski definition) is 9. The topological polar surface area (TPSA) is 263 Å². The van der Waals surface area contributed by atoms with Crippen LogP contribution in [0.1, 0.15) is 34.6 Å². The Kier molecular flexibility index (Phi) is 76.6. The van der Waals surface area contributed by atoms with E-state index in [1.54, 1.807) is 0 Å². The van der Waals surface area contributed by atoms with E-state index in [2.05, 4.69) is 10.6 Å². The van der Waals surface area contributed by atoms with Gasteiger partial charge in [-0.05, 0) is 14.1 Å². The fraction of sp³-hybridized carbons (Fsp3) is 0.688. The predicted octanol–water partition coefficient (Wildman–Crippen LogP) is -1.22. The summed E-state index contributed by atoms with van der Waals surface area (Å²) in [6.07, 6.45) is 0. The van der Waals surface area contributed by atoms with Crippen LogP contribution >= 0.6 is 0 Å². The molecule has 0 radical (unpaired) electrons. The largest absolute Gasteiger partial charge is 0.481 e. The summed E-state index contributed by atoms with van der Waals surface area (Å²) >= 11 is 0. The zero-order valence-corrected chi connectivity index (χ0v) is 18.8. The Balaban J connectivity index is -0.0000000419. The van der Waals surface area contributed by atoms with Gasteiger partial charge in [0, 0.05) is 60.8 Å². The molecule has 0 aromatic rings. The first kappa shape index (κ1) is 45.8. The lowest BCUT2D eigenvalue weighted by Gasteiger charge is -1.95. The molecule has 0 bridgehead atoms. The summed E-state index contributed by atoms with van der Waals surface area (Å²) in [7, 11) is 3.75. The van der Waals surface area contributed by atoms with Gasteiger partial charge in [-0.2, -0.15) is 0 Å². The minimum Gasteiger partial charge on any atom is -0.481 e. The van der Waals surface area contributed by atoms with Crippen LogP contribution in [0.15, 0.2) is 0 Å². The molecule has 14 nitrogen and oxygen atoms in total. The van der Waals surface area contributed by atoms with Crippen molar-refractivity contribution in [3.63, 3.8) is 0 Å². The maximum absolute atomic E-state index is 9.00. The second kappa shape index (κ2) is 50.2. The first-order valence-electron chi connectivity index (χ1n) is 8.16. The highest BCUT2D eigenvalue weighted by Gasteiger charge is 1.76. The molecule has 0 aliphatic rings. The molecule has 0 saturated carbocycles. The Morgan fingerprint density at radius 3 is 0.733 bits per heavy atom. The molecule has 0 aromatic heterocycles. The molecule has 30 heavy (non-hydrogen) atoms. The molecule has 0 unspecified atom stereocenters. The Morgan fingerprint density at radius 2 is 0.667 bits per heavy atom. The van der Waals surface area contributed by atoms with Gasteiger partial charge in [-0.15, -0.1) is 0 Å². The molecule has 184 valence electrons. The van der Waals surface area contributed by atoms with Gasteiger partial charge < -0.3 is 47.6 Å². The number of hydrogen-bond acceptors (Lipinski definition) is 9. The van der Waals surface area contributed by atoms with Crippen LogP contribution in [0.3, 0.4) is 0 Å². The van der Waals surface area contributed by atoms with Crippen molar-refractivity contribution in [1.82, 2.24) is 10.6 Å². The molecule has 0 fully saturated rings. The molecule has 0 rings (SSSR count). The second-order valence-electron chi connectivity index (χ2n) is 4.42. The molecular formula is C16H40N4O10. The molecule has 0 aliphatic carbocycles. The lowest BCUT2D eigenvalue weighted by molar-refractivity contribution is -0.135. The van der Waals surface area contributed by atoms with Crippen LogP contribution in [0.4, 0.5) is 0 Å². The summed E-state index contributed by atoms with van der Waals surface area (Å²) < 4.78 is 0. The van der Waals surface area contributed by atoms with Crippen molar-refractivity contribution in [2.75, 3.05) is 40.3 Å². The highest BCUT2D eigenvalue weighted by atomic mass is 16.4. The van der Waals surface area contributed by atoms with Crippen LogP contribution < -0.4 is 22.1 Å². The normalized spacial score (nSPS) is 6.97. The molecule has 0 atom stereocenters. The van der Waals surface area contributed by atoms with Gasteiger partial charge >= 0.3 is 0 Å². The maximum Gasteiger partial charge on any atom is 0.300 e. The van der Waals surface area contributed by atoms with Crippen molar-refractivity contribution in [2.45, 2.75) is 34.6 Å². The van der Waals surface area contributed by atoms with E-state index in [0.29, 0.717) is 13.1 Å². The van der Waals surface area contributed by atoms with E-state index >= 15 is 0 Å². The van der Waals surface area contributed by atoms with Crippen LogP contribution in [0.2, 0.25) is 0 Å². The van der Waals surface area contributed by atoms with Gasteiger partial charge in [-0.1, -0.05) is 0 Å². The Bertz CT molecular complexity index is 301. The summed E-state index contributed by atoms with van der Waals surface area (Å²) in [4.78, 5) is 45.0. The average Bonchev–Trinajstić information content (AvgIpc) is 2.45. The van der Waals surface area contributed by atoms with E-state index in [-0.39, 0.29) is 0 Å². The van der Waals surface area contributed by atoms with E-state index in [1.165, 1.54) is 0 Å². The predicted molar refractivity (Wildman–Crippen MR) is 113 cm³/mol. The summed E-state index contributed by atoms with van der Waals surface area (Å²) in [5, 5.41) is 42.9. The van der Waals surface area contributed by atoms with Gasteiger partial charge in [0.1, 0.15) is 0 Å². The fourth-order valence-electron chi connectivity index (χ4n) is 0.329. The average molecular weight is 449 g/mol. The van der Waals surface area contributed by atoms with Gasteiger partial charge in [0.25, 0.3) is 29.8 Å². The standard InChI is InChI=1S/C4H13N3.C2H7N.5C2H4O2/c5-1-3-7-4-2-6;1-3-2;5*1-2(3)4/h7H,1-6H2;3H,1-2H3;5*1H3,(H,3,4). The third-order valence-corrected chi connectivity index (χ3v) is 0.642. The lowest BCUT2D eigenvalue weighted by atomic mass is 10.6. The quantitative estimate of drug-likeness (QED) is 0.228. The van der Waals surface area contributed by atoms with Crippen molar-refractivity contribution in [3.05, 3.63) is 0 Å². The van der Waals surface area contributed by atoms with Crippen LogP contribution in [-0.4, -0.2) is 95.7 Å². The number of carboxylic acid groups (broad SMARTS) is 5. The van der Waals surface area contributed by atoms with Crippen LogP contribution in [0, 0.1) is 0 Å². The summed E-state index contributed by atoms with van der Waals surface area (Å²) in [6, 6.07) is 0. The van der Waals surface area contributed by atoms with Gasteiger partial charge in [-0.3, -0.25) is 24.0 Å². The molecule has 0 amide bonds. The number of carboxylic acids is 5. The number of carbonyl (C=O) groups is 5. The van der Waals surface area contributed by atoms with Gasteiger partial charge in [0.05, 0.1) is 0 Å². The molecule has 0 saturated heterocycles. The highest BCUT2D eigenvalue weighted by Crippen LogP contribution is 1.49. The molecule has 11 N–H and O–H groups in total. The number of nitrogens with one attached hydrogen (secondary N) is 2. The third kappa shape index (κ3) is 10400. The summed E-state index contributed by atoms with van der Waals surface area (Å²) in [5.74, 6) is -4.17. The van der Waals surface area contributed by atoms with E-state index in [0.717, 1.165) is 47.7 Å². The monoisotopic (exact) mass is 448 g/mol. The molecular weight excluding hydrogens is 408 g/mol. The minimum absolute atomic E-state index is 0.694. The van der Waals surface area contributed by atoms with Crippen molar-refractivity contribution in [1.29, 1.82) is 0 Å². The Morgan fingerprint density at radius 1 is 0.567 bits per heavy atom. The van der Waals surface area contributed by atoms with Crippen molar-refractivity contribution >= 4 is 29.8 Å². The second-order valence-corrected chi connectivity index (χ2v) is 4.42. The smallest absolute Gasteiger partial charge is 0.300 e. The van der Waals surface area contributed by atoms with Crippen LogP contribution in [0.25, 0.3) is 0 Å². The van der Waals surface area contributed by atoms with Crippen molar-refractivity contribution in [2.24, 2.45) is 11.5 Å². The zero-order valence-electron chi connectivity index (χ0n) is 18.8. The van der Waals surface area contributed by atoms with E-state index < -0.39 is 29.8 Å². The molecule has 14 heteroatoms. The first-order chi connectivity index (χ1) is 13.5. The SMILES string of the molecule is CC(=O)O.CC(=O)O.CC(=O)O.CC(=O)O.CC(=O)O.CNC.NCCNCCN. The fourth-order valence-corrected chi connectivity index (χ4v) is 0.329. The molecule has 0 aromatic carbocycles. The van der Waals surface area contributed by atoms with E-state index in [1.807, 2.05) is 14.1 Å². The lowest BCUT2D eigenvalue weighted by Crippen LogP contribution is -2.27. The number of nitrogens with two attached hydrogens (primary N) is 2. The van der Waals surface area contributed by atoms with E-state index in [9.17, 15) is 0 Å². The molecule has 0 heterocycles. The van der Waals surface area contributed by atoms with Gasteiger partial charge in [-0.25, -0.2) is 0 Å². The molecule has 0 spiro atoms. The van der Waals surface area contributed by atoms with Crippen LogP contribution in [-0.2, 0) is 24.0 Å². The minimum atomic E-state index is -0.833. The zero-order chi connectivity index (χ0) is 26.1. The third-order valence-electron chi connectivity index (χ3n) is 0.642. The number of aliphatic carboxylic acids is 5. The number of rotatable bonds is 4. The van der Waals surface area contributed by atoms with Gasteiger partial charge in [0.2, 0.25) is 0 Å². The molecule has 0 aliphatic heterocycles. The van der Waals surface area contributed by atoms with Gasteiger partial charge in [0.15, 0.2) is 0 Å². The maximum atomic E-state index is 9.00. The van der Waals surface area contributed by atoms with Crippen LogP contribution in [0.5, 0.6) is 0 Å². The highest BCUT2D eigenvalue weighted by molar-refractivity contribution is 5.63. The summed E-state index contributed by atoms with van der Waals surface area (Å²) in [5.41, 5.74) is 10.3. The summed E-state index contributed by atoms with van der Waals surface area (Å²) in [6.45, 7) is 8.55.